The minimum absolute atomic E-state index is 0.134. The molecule has 0 radical (unpaired) electrons. The normalized spacial score (nSPS) is 12.6. The number of hydrogen-bond donors (Lipinski definition) is 0. The van der Waals surface area contributed by atoms with E-state index >= 15 is 0 Å². The molecular formula is C71H51N3. The van der Waals surface area contributed by atoms with Crippen LogP contribution < -0.4 is 9.80 Å². The van der Waals surface area contributed by atoms with Gasteiger partial charge < -0.3 is 14.4 Å². The summed E-state index contributed by atoms with van der Waals surface area (Å²) in [5, 5.41) is 7.48. The van der Waals surface area contributed by atoms with Gasteiger partial charge in [-0.1, -0.05) is 190 Å². The number of fused-ring (bicyclic) bond motifs is 9. The van der Waals surface area contributed by atoms with E-state index in [0.29, 0.717) is 0 Å². The predicted octanol–water partition coefficient (Wildman–Crippen LogP) is 19.7. The van der Waals surface area contributed by atoms with Crippen molar-refractivity contribution in [2.24, 2.45) is 0 Å². The van der Waals surface area contributed by atoms with Crippen molar-refractivity contribution in [2.45, 2.75) is 19.3 Å². The van der Waals surface area contributed by atoms with Crippen LogP contribution in [0.3, 0.4) is 0 Å². The topological polar surface area (TPSA) is 11.4 Å². The molecule has 350 valence electrons. The largest absolute Gasteiger partial charge is 0.310 e. The molecule has 1 aromatic heterocycles. The van der Waals surface area contributed by atoms with Gasteiger partial charge in [-0.25, -0.2) is 0 Å². The first-order valence-electron chi connectivity index (χ1n) is 25.7. The Kier molecular flexibility index (Phi) is 10.2. The van der Waals surface area contributed by atoms with Crippen LogP contribution in [-0.4, -0.2) is 4.57 Å². The predicted molar refractivity (Wildman–Crippen MR) is 314 cm³/mol. The summed E-state index contributed by atoms with van der Waals surface area (Å²) in [6, 6.07) is 100. The SMILES string of the molecule is CC1(C)c2ccccc2-c2ccc(N(c3ccc(-c4ccc(N(c5ccccc5)c5cccc6ccccc56)cc4)cc3)c3ccc(-c4ccc5c(c4)c4c6ccccc6ccc4n5-c4ccccc4)cc3)cc21. The fourth-order valence-electron chi connectivity index (χ4n) is 11.9. The van der Waals surface area contributed by atoms with Crippen LogP contribution >= 0.6 is 0 Å². The van der Waals surface area contributed by atoms with E-state index in [1.165, 1.54) is 76.7 Å². The molecule has 3 heteroatoms. The standard InChI is InChI=1S/C71H51N3/c1-71(2)65-26-14-13-25-62(65)63-43-42-59(47-66(63)71)72(56-36-28-48(29-37-56)49-30-40-58(41-31-49)73(54-19-5-3-6-20-54)67-27-15-18-51-16-9-11-23-60(51)67)57-38-32-50(33-39-57)53-35-44-68-64(46-53)70-61-24-12-10-17-52(61)34-45-69(70)74(68)55-21-7-4-8-22-55/h3-47H,1-2H3. The fraction of sp³-hybridized carbons (Fsp3) is 0.0423. The Morgan fingerprint density at radius 3 is 1.51 bits per heavy atom. The third kappa shape index (κ3) is 7.11. The van der Waals surface area contributed by atoms with Crippen molar-refractivity contribution in [1.29, 1.82) is 0 Å². The summed E-state index contributed by atoms with van der Waals surface area (Å²) in [5.74, 6) is 0. The second kappa shape index (κ2) is 17.4. The Balaban J connectivity index is 0.843. The molecule has 0 unspecified atom stereocenters. The molecule has 74 heavy (non-hydrogen) atoms. The Morgan fingerprint density at radius 1 is 0.311 bits per heavy atom. The molecule has 0 aliphatic heterocycles. The minimum atomic E-state index is -0.134. The van der Waals surface area contributed by atoms with Gasteiger partial charge in [0, 0.05) is 55.7 Å². The molecule has 0 bridgehead atoms. The van der Waals surface area contributed by atoms with Crippen molar-refractivity contribution >= 4 is 77.5 Å². The Labute approximate surface area is 432 Å². The molecule has 0 fully saturated rings. The molecule has 1 aliphatic carbocycles. The van der Waals surface area contributed by atoms with Crippen LogP contribution in [-0.2, 0) is 5.41 Å². The van der Waals surface area contributed by atoms with Crippen LogP contribution in [0, 0.1) is 0 Å². The molecule has 13 aromatic rings. The molecule has 0 spiro atoms. The lowest BCUT2D eigenvalue weighted by Gasteiger charge is -2.28. The second-order valence-electron chi connectivity index (χ2n) is 20.1. The van der Waals surface area contributed by atoms with E-state index in [4.69, 9.17) is 0 Å². The van der Waals surface area contributed by atoms with Crippen LogP contribution in [0.2, 0.25) is 0 Å². The highest BCUT2D eigenvalue weighted by molar-refractivity contribution is 6.22. The van der Waals surface area contributed by atoms with Gasteiger partial charge >= 0.3 is 0 Å². The Morgan fingerprint density at radius 2 is 0.811 bits per heavy atom. The number of rotatable bonds is 9. The molecule has 0 atom stereocenters. The van der Waals surface area contributed by atoms with E-state index in [-0.39, 0.29) is 5.41 Å². The smallest absolute Gasteiger partial charge is 0.0547 e. The van der Waals surface area contributed by atoms with Gasteiger partial charge in [-0.15, -0.1) is 0 Å². The summed E-state index contributed by atoms with van der Waals surface area (Å²) in [7, 11) is 0. The highest BCUT2D eigenvalue weighted by Gasteiger charge is 2.36. The number of para-hydroxylation sites is 2. The average Bonchev–Trinajstić information content (AvgIpc) is 3.92. The lowest BCUT2D eigenvalue weighted by molar-refractivity contribution is 0.660. The molecule has 1 aliphatic rings. The molecule has 0 amide bonds. The summed E-state index contributed by atoms with van der Waals surface area (Å²) in [4.78, 5) is 4.78. The van der Waals surface area contributed by atoms with Crippen LogP contribution in [0.5, 0.6) is 0 Å². The highest BCUT2D eigenvalue weighted by Crippen LogP contribution is 2.51. The van der Waals surface area contributed by atoms with Crippen molar-refractivity contribution in [3.63, 3.8) is 0 Å². The average molecular weight is 946 g/mol. The molecule has 12 aromatic carbocycles. The molecular weight excluding hydrogens is 895 g/mol. The van der Waals surface area contributed by atoms with Gasteiger partial charge in [0.2, 0.25) is 0 Å². The van der Waals surface area contributed by atoms with Crippen molar-refractivity contribution in [3.05, 3.63) is 284 Å². The summed E-state index contributed by atoms with van der Waals surface area (Å²) in [6.07, 6.45) is 0. The zero-order chi connectivity index (χ0) is 49.3. The third-order valence-corrected chi connectivity index (χ3v) is 15.6. The molecule has 0 saturated heterocycles. The quantitative estimate of drug-likeness (QED) is 0.143. The monoisotopic (exact) mass is 945 g/mol. The first kappa shape index (κ1) is 43.4. The first-order valence-corrected chi connectivity index (χ1v) is 25.7. The van der Waals surface area contributed by atoms with E-state index in [0.717, 1.165) is 50.9 Å². The van der Waals surface area contributed by atoms with E-state index in [9.17, 15) is 0 Å². The van der Waals surface area contributed by atoms with Gasteiger partial charge in [-0.2, -0.15) is 0 Å². The van der Waals surface area contributed by atoms with Crippen molar-refractivity contribution < 1.29 is 0 Å². The van der Waals surface area contributed by atoms with Gasteiger partial charge in [0.1, 0.15) is 0 Å². The van der Waals surface area contributed by atoms with Gasteiger partial charge in [-0.05, 0) is 158 Å². The van der Waals surface area contributed by atoms with E-state index in [1.807, 2.05) is 0 Å². The fourth-order valence-corrected chi connectivity index (χ4v) is 11.9. The Bertz CT molecular complexity index is 4240. The van der Waals surface area contributed by atoms with Crippen LogP contribution in [0.1, 0.15) is 25.0 Å². The van der Waals surface area contributed by atoms with Gasteiger partial charge in [0.25, 0.3) is 0 Å². The molecule has 0 saturated carbocycles. The third-order valence-electron chi connectivity index (χ3n) is 15.6. The van der Waals surface area contributed by atoms with Gasteiger partial charge in [0.15, 0.2) is 0 Å². The molecule has 1 heterocycles. The number of benzene rings is 12. The molecule has 0 N–H and O–H groups in total. The van der Waals surface area contributed by atoms with E-state index in [1.54, 1.807) is 0 Å². The van der Waals surface area contributed by atoms with Crippen molar-refractivity contribution in [3.8, 4) is 39.1 Å². The van der Waals surface area contributed by atoms with Gasteiger partial charge in [-0.3, -0.25) is 0 Å². The van der Waals surface area contributed by atoms with Gasteiger partial charge in [0.05, 0.1) is 16.7 Å². The summed E-state index contributed by atoms with van der Waals surface area (Å²) >= 11 is 0. The summed E-state index contributed by atoms with van der Waals surface area (Å²) in [5.41, 5.74) is 20.2. The minimum Gasteiger partial charge on any atom is -0.310 e. The van der Waals surface area contributed by atoms with E-state index in [2.05, 4.69) is 301 Å². The maximum atomic E-state index is 2.42. The van der Waals surface area contributed by atoms with Crippen molar-refractivity contribution in [1.82, 2.24) is 4.57 Å². The Hall–Kier alpha value is -9.44. The van der Waals surface area contributed by atoms with Crippen LogP contribution in [0.15, 0.2) is 273 Å². The number of nitrogens with zero attached hydrogens (tertiary/aromatic N) is 3. The zero-order valence-electron chi connectivity index (χ0n) is 41.3. The lowest BCUT2D eigenvalue weighted by atomic mass is 9.82. The molecule has 3 nitrogen and oxygen atoms in total. The maximum Gasteiger partial charge on any atom is 0.0547 e. The second-order valence-corrected chi connectivity index (χ2v) is 20.1. The van der Waals surface area contributed by atoms with Crippen LogP contribution in [0.4, 0.5) is 34.1 Å². The van der Waals surface area contributed by atoms with Crippen LogP contribution in [0.25, 0.3) is 82.4 Å². The zero-order valence-corrected chi connectivity index (χ0v) is 41.3. The number of aromatic nitrogens is 1. The maximum absolute atomic E-state index is 2.42. The lowest BCUT2D eigenvalue weighted by Crippen LogP contribution is -2.16. The number of anilines is 6. The summed E-state index contributed by atoms with van der Waals surface area (Å²) < 4.78 is 2.41. The molecule has 14 rings (SSSR count). The highest BCUT2D eigenvalue weighted by atomic mass is 15.1. The summed E-state index contributed by atoms with van der Waals surface area (Å²) in [6.45, 7) is 4.72. The van der Waals surface area contributed by atoms with Crippen molar-refractivity contribution in [2.75, 3.05) is 9.80 Å². The first-order chi connectivity index (χ1) is 36.5. The van der Waals surface area contributed by atoms with E-state index < -0.39 is 0 Å². The number of hydrogen-bond acceptors (Lipinski definition) is 2.